The summed E-state index contributed by atoms with van der Waals surface area (Å²) in [4.78, 5) is 17.2. The van der Waals surface area contributed by atoms with E-state index < -0.39 is 0 Å². The van der Waals surface area contributed by atoms with Crippen molar-refractivity contribution in [3.05, 3.63) is 52.3 Å². The number of carbonyl (C=O) groups excluding carboxylic acids is 1. The summed E-state index contributed by atoms with van der Waals surface area (Å²) in [6.07, 6.45) is 0.923. The van der Waals surface area contributed by atoms with Crippen molar-refractivity contribution < 1.29 is 14.3 Å². The van der Waals surface area contributed by atoms with Crippen LogP contribution < -0.4 is 14.3 Å². The summed E-state index contributed by atoms with van der Waals surface area (Å²) in [5.41, 5.74) is 0.965. The Labute approximate surface area is 160 Å². The third kappa shape index (κ3) is 4.08. The SMILES string of the molecule is CCCn1c(=NC(=O)COc2ccc(Cl)cc2)sc2cccc(OC)c21. The highest BCUT2D eigenvalue weighted by Crippen LogP contribution is 2.27. The molecule has 0 aliphatic carbocycles. The first-order chi connectivity index (χ1) is 12.6. The van der Waals surface area contributed by atoms with Gasteiger partial charge in [0.15, 0.2) is 11.4 Å². The molecular formula is C19H19ClN2O3S. The summed E-state index contributed by atoms with van der Waals surface area (Å²) in [5, 5.41) is 0.619. The van der Waals surface area contributed by atoms with Crippen LogP contribution in [0.25, 0.3) is 10.2 Å². The molecule has 0 saturated carbocycles. The second-order valence-corrected chi connectivity index (χ2v) is 7.04. The second-order valence-electron chi connectivity index (χ2n) is 5.59. The van der Waals surface area contributed by atoms with E-state index in [-0.39, 0.29) is 12.5 Å². The molecule has 0 bridgehead atoms. The van der Waals surface area contributed by atoms with Gasteiger partial charge in [0.05, 0.1) is 11.8 Å². The number of halogens is 1. The third-order valence-electron chi connectivity index (χ3n) is 3.73. The molecule has 0 aliphatic rings. The number of thiazole rings is 1. The fraction of sp³-hybridized carbons (Fsp3) is 0.263. The Balaban J connectivity index is 1.89. The van der Waals surface area contributed by atoms with Crippen LogP contribution in [0.1, 0.15) is 13.3 Å². The zero-order valence-corrected chi connectivity index (χ0v) is 16.1. The molecule has 0 fully saturated rings. The van der Waals surface area contributed by atoms with Gasteiger partial charge in [-0.05, 0) is 42.8 Å². The number of ether oxygens (including phenoxy) is 2. The van der Waals surface area contributed by atoms with Crippen LogP contribution in [-0.2, 0) is 11.3 Å². The Morgan fingerprint density at radius 2 is 2.00 bits per heavy atom. The van der Waals surface area contributed by atoms with E-state index in [1.807, 2.05) is 22.8 Å². The van der Waals surface area contributed by atoms with Gasteiger partial charge in [-0.25, -0.2) is 0 Å². The van der Waals surface area contributed by atoms with Crippen LogP contribution in [0.5, 0.6) is 11.5 Å². The molecule has 0 N–H and O–H groups in total. The maximum atomic E-state index is 12.3. The molecule has 0 atom stereocenters. The first-order valence-corrected chi connectivity index (χ1v) is 9.44. The van der Waals surface area contributed by atoms with Gasteiger partial charge in [0.1, 0.15) is 17.0 Å². The predicted molar refractivity (Wildman–Crippen MR) is 104 cm³/mol. The highest BCUT2D eigenvalue weighted by Gasteiger charge is 2.12. The normalized spacial score (nSPS) is 11.7. The highest BCUT2D eigenvalue weighted by molar-refractivity contribution is 7.16. The van der Waals surface area contributed by atoms with Gasteiger partial charge in [-0.15, -0.1) is 0 Å². The van der Waals surface area contributed by atoms with E-state index >= 15 is 0 Å². The lowest BCUT2D eigenvalue weighted by Gasteiger charge is -2.07. The minimum Gasteiger partial charge on any atom is -0.495 e. The monoisotopic (exact) mass is 390 g/mol. The smallest absolute Gasteiger partial charge is 0.286 e. The second kappa shape index (κ2) is 8.38. The van der Waals surface area contributed by atoms with E-state index in [4.69, 9.17) is 21.1 Å². The molecule has 2 aromatic carbocycles. The van der Waals surface area contributed by atoms with Crippen LogP contribution in [0.2, 0.25) is 5.02 Å². The molecule has 26 heavy (non-hydrogen) atoms. The number of aromatic nitrogens is 1. The van der Waals surface area contributed by atoms with Crippen LogP contribution in [0.4, 0.5) is 0 Å². The van der Waals surface area contributed by atoms with Gasteiger partial charge in [0, 0.05) is 11.6 Å². The van der Waals surface area contributed by atoms with Crippen molar-refractivity contribution in [1.82, 2.24) is 4.57 Å². The van der Waals surface area contributed by atoms with Crippen molar-refractivity contribution in [2.45, 2.75) is 19.9 Å². The molecule has 0 aliphatic heterocycles. The zero-order valence-electron chi connectivity index (χ0n) is 14.6. The van der Waals surface area contributed by atoms with Crippen LogP contribution in [0.3, 0.4) is 0 Å². The number of rotatable bonds is 6. The number of nitrogens with zero attached hydrogens (tertiary/aromatic N) is 2. The quantitative estimate of drug-likeness (QED) is 0.631. The molecule has 1 amide bonds. The Hall–Kier alpha value is -2.31. The molecule has 1 heterocycles. The summed E-state index contributed by atoms with van der Waals surface area (Å²) >= 11 is 7.31. The van der Waals surface area contributed by atoms with Crippen LogP contribution >= 0.6 is 22.9 Å². The van der Waals surface area contributed by atoms with Crippen molar-refractivity contribution in [2.75, 3.05) is 13.7 Å². The number of aryl methyl sites for hydroxylation is 1. The van der Waals surface area contributed by atoms with Gasteiger partial charge in [-0.1, -0.05) is 35.9 Å². The highest BCUT2D eigenvalue weighted by atomic mass is 35.5. The maximum Gasteiger partial charge on any atom is 0.286 e. The third-order valence-corrected chi connectivity index (χ3v) is 5.02. The number of carbonyl (C=O) groups is 1. The van der Waals surface area contributed by atoms with Gasteiger partial charge in [0.2, 0.25) is 0 Å². The summed E-state index contributed by atoms with van der Waals surface area (Å²) in [7, 11) is 1.64. The molecule has 3 rings (SSSR count). The number of hydrogen-bond donors (Lipinski definition) is 0. The number of benzene rings is 2. The van der Waals surface area contributed by atoms with Crippen molar-refractivity contribution in [3.63, 3.8) is 0 Å². The molecule has 0 radical (unpaired) electrons. The summed E-state index contributed by atoms with van der Waals surface area (Å²) in [6.45, 7) is 2.71. The van der Waals surface area contributed by atoms with Gasteiger partial charge < -0.3 is 14.0 Å². The fourth-order valence-electron chi connectivity index (χ4n) is 2.59. The minimum atomic E-state index is -0.338. The van der Waals surface area contributed by atoms with Crippen LogP contribution in [0, 0.1) is 0 Å². The lowest BCUT2D eigenvalue weighted by molar-refractivity contribution is -0.120. The Kier molecular flexibility index (Phi) is 5.96. The molecule has 0 saturated heterocycles. The van der Waals surface area contributed by atoms with Gasteiger partial charge >= 0.3 is 0 Å². The maximum absolute atomic E-state index is 12.3. The first-order valence-electron chi connectivity index (χ1n) is 8.24. The Morgan fingerprint density at radius 1 is 1.23 bits per heavy atom. The van der Waals surface area contributed by atoms with Crippen molar-refractivity contribution in [2.24, 2.45) is 4.99 Å². The van der Waals surface area contributed by atoms with E-state index in [1.165, 1.54) is 11.3 Å². The van der Waals surface area contributed by atoms with E-state index in [0.717, 1.165) is 28.9 Å². The Morgan fingerprint density at radius 3 is 2.69 bits per heavy atom. The van der Waals surface area contributed by atoms with Crippen molar-refractivity contribution >= 4 is 39.1 Å². The van der Waals surface area contributed by atoms with Gasteiger partial charge in [-0.3, -0.25) is 4.79 Å². The molecule has 0 unspecified atom stereocenters. The standard InChI is InChI=1S/C19H19ClN2O3S/c1-3-11-22-18-15(24-2)5-4-6-16(18)26-19(22)21-17(23)12-25-14-9-7-13(20)8-10-14/h4-10H,3,11-12H2,1-2H3. The topological polar surface area (TPSA) is 52.8 Å². The largest absolute Gasteiger partial charge is 0.495 e. The Bertz CT molecular complexity index is 977. The van der Waals surface area contributed by atoms with E-state index in [2.05, 4.69) is 11.9 Å². The summed E-state index contributed by atoms with van der Waals surface area (Å²) in [5.74, 6) is 1.02. The van der Waals surface area contributed by atoms with E-state index in [0.29, 0.717) is 15.6 Å². The molecule has 5 nitrogen and oxygen atoms in total. The van der Waals surface area contributed by atoms with Crippen molar-refractivity contribution in [3.8, 4) is 11.5 Å². The van der Waals surface area contributed by atoms with E-state index in [9.17, 15) is 4.79 Å². The van der Waals surface area contributed by atoms with E-state index in [1.54, 1.807) is 31.4 Å². The molecule has 0 spiro atoms. The summed E-state index contributed by atoms with van der Waals surface area (Å²) in [6, 6.07) is 12.7. The number of methoxy groups -OCH3 is 1. The minimum absolute atomic E-state index is 0.126. The molecule has 7 heteroatoms. The average molecular weight is 391 g/mol. The molecular weight excluding hydrogens is 372 g/mol. The predicted octanol–water partition coefficient (Wildman–Crippen LogP) is 4.28. The van der Waals surface area contributed by atoms with Gasteiger partial charge in [-0.2, -0.15) is 4.99 Å². The molecule has 136 valence electrons. The number of para-hydroxylation sites is 1. The fourth-order valence-corrected chi connectivity index (χ4v) is 3.81. The van der Waals surface area contributed by atoms with Crippen molar-refractivity contribution in [1.29, 1.82) is 0 Å². The zero-order chi connectivity index (χ0) is 18.5. The first kappa shape index (κ1) is 18.5. The number of fused-ring (bicyclic) bond motifs is 1. The van der Waals surface area contributed by atoms with Crippen LogP contribution in [0.15, 0.2) is 47.5 Å². The number of amides is 1. The lowest BCUT2D eigenvalue weighted by atomic mass is 10.3. The average Bonchev–Trinajstić information content (AvgIpc) is 2.99. The number of hydrogen-bond acceptors (Lipinski definition) is 4. The van der Waals surface area contributed by atoms with Gasteiger partial charge in [0.25, 0.3) is 5.91 Å². The lowest BCUT2D eigenvalue weighted by Crippen LogP contribution is -2.19. The van der Waals surface area contributed by atoms with Crippen LogP contribution in [-0.4, -0.2) is 24.2 Å². The molecule has 1 aromatic heterocycles. The molecule has 3 aromatic rings. The summed E-state index contributed by atoms with van der Waals surface area (Å²) < 4.78 is 14.0.